The van der Waals surface area contributed by atoms with Crippen molar-refractivity contribution in [2.24, 2.45) is 0 Å². The number of phenols is 1. The van der Waals surface area contributed by atoms with Crippen molar-refractivity contribution in [1.82, 2.24) is 0 Å². The maximum absolute atomic E-state index is 10.4. The molecule has 0 spiro atoms. The first kappa shape index (κ1) is 13.7. The van der Waals surface area contributed by atoms with Crippen LogP contribution >= 0.6 is 0 Å². The highest BCUT2D eigenvalue weighted by Gasteiger charge is 2.03. The lowest BCUT2D eigenvalue weighted by molar-refractivity contribution is -0.137. The topological polar surface area (TPSA) is 76.0 Å². The smallest absolute Gasteiger partial charge is 0.306 e. The monoisotopic (exact) mass is 274 g/mol. The summed E-state index contributed by atoms with van der Waals surface area (Å²) in [5, 5.41) is 18.1. The first-order valence-electron chi connectivity index (χ1n) is 6.05. The van der Waals surface area contributed by atoms with E-state index in [-0.39, 0.29) is 18.8 Å². The highest BCUT2D eigenvalue weighted by atomic mass is 16.5. The van der Waals surface area contributed by atoms with Crippen molar-refractivity contribution in [1.29, 1.82) is 0 Å². The molecule has 20 heavy (non-hydrogen) atoms. The lowest BCUT2D eigenvalue weighted by Gasteiger charge is -2.08. The van der Waals surface area contributed by atoms with E-state index < -0.39 is 5.97 Å². The van der Waals surface area contributed by atoms with Crippen molar-refractivity contribution in [3.8, 4) is 23.0 Å². The summed E-state index contributed by atoms with van der Waals surface area (Å²) in [6.45, 7) is 0.120. The third-order valence-electron chi connectivity index (χ3n) is 2.50. The van der Waals surface area contributed by atoms with Gasteiger partial charge in [0.2, 0.25) is 0 Å². The first-order chi connectivity index (χ1) is 9.65. The zero-order valence-electron chi connectivity index (χ0n) is 10.7. The maximum Gasteiger partial charge on any atom is 0.306 e. The Kier molecular flexibility index (Phi) is 4.44. The minimum atomic E-state index is -0.899. The Bertz CT molecular complexity index is 577. The van der Waals surface area contributed by atoms with Crippen molar-refractivity contribution >= 4 is 5.97 Å². The summed E-state index contributed by atoms with van der Waals surface area (Å²) >= 11 is 0. The molecule has 0 saturated heterocycles. The van der Waals surface area contributed by atoms with Gasteiger partial charge in [0.25, 0.3) is 0 Å². The molecule has 0 aliphatic heterocycles. The summed E-state index contributed by atoms with van der Waals surface area (Å²) in [4.78, 5) is 10.4. The molecule has 0 radical (unpaired) electrons. The molecular weight excluding hydrogens is 260 g/mol. The van der Waals surface area contributed by atoms with Crippen molar-refractivity contribution < 1.29 is 24.5 Å². The number of rotatable bonds is 6. The first-order valence-corrected chi connectivity index (χ1v) is 6.05. The van der Waals surface area contributed by atoms with Crippen molar-refractivity contribution in [3.05, 3.63) is 48.5 Å². The van der Waals surface area contributed by atoms with Crippen LogP contribution in [0.2, 0.25) is 0 Å². The molecule has 0 heterocycles. The maximum atomic E-state index is 10.4. The molecule has 2 rings (SSSR count). The van der Waals surface area contributed by atoms with Crippen LogP contribution in [0.5, 0.6) is 23.0 Å². The van der Waals surface area contributed by atoms with Gasteiger partial charge in [0.05, 0.1) is 13.0 Å². The second kappa shape index (κ2) is 6.47. The summed E-state index contributed by atoms with van der Waals surface area (Å²) in [5.41, 5.74) is 0. The molecule has 0 unspecified atom stereocenters. The van der Waals surface area contributed by atoms with Crippen LogP contribution in [0.25, 0.3) is 0 Å². The van der Waals surface area contributed by atoms with E-state index in [1.54, 1.807) is 48.5 Å². The van der Waals surface area contributed by atoms with E-state index in [2.05, 4.69) is 0 Å². The molecule has 2 N–H and O–H groups in total. The standard InChI is InChI=1S/C15H14O5/c16-13-3-1-2-4-14(13)20-12-7-5-11(6-8-12)19-10-9-15(17)18/h1-8,16H,9-10H2,(H,17,18). The van der Waals surface area contributed by atoms with Gasteiger partial charge in [-0.2, -0.15) is 0 Å². The molecule has 104 valence electrons. The number of carbonyl (C=O) groups is 1. The quantitative estimate of drug-likeness (QED) is 0.846. The Morgan fingerprint density at radius 3 is 2.30 bits per heavy atom. The molecule has 0 aliphatic carbocycles. The molecule has 0 aromatic heterocycles. The van der Waals surface area contributed by atoms with Gasteiger partial charge < -0.3 is 19.7 Å². The predicted molar refractivity (Wildman–Crippen MR) is 72.4 cm³/mol. The fourth-order valence-corrected chi connectivity index (χ4v) is 1.53. The van der Waals surface area contributed by atoms with Gasteiger partial charge in [0.15, 0.2) is 11.5 Å². The molecule has 2 aromatic rings. The molecule has 5 nitrogen and oxygen atoms in total. The van der Waals surface area contributed by atoms with Crippen LogP contribution in [0.4, 0.5) is 0 Å². The predicted octanol–water partition coefficient (Wildman–Crippen LogP) is 3.04. The number of ether oxygens (including phenoxy) is 2. The van der Waals surface area contributed by atoms with Crippen molar-refractivity contribution in [2.45, 2.75) is 6.42 Å². The molecule has 0 fully saturated rings. The van der Waals surface area contributed by atoms with Crippen LogP contribution in [0.3, 0.4) is 0 Å². The number of carboxylic acid groups (broad SMARTS) is 1. The summed E-state index contributed by atoms with van der Waals surface area (Å²) < 4.78 is 10.8. The van der Waals surface area contributed by atoms with Gasteiger partial charge in [-0.05, 0) is 36.4 Å². The van der Waals surface area contributed by atoms with Crippen LogP contribution in [-0.4, -0.2) is 22.8 Å². The minimum absolute atomic E-state index is 0.0455. The third kappa shape index (κ3) is 3.91. The number of benzene rings is 2. The lowest BCUT2D eigenvalue weighted by atomic mass is 10.3. The summed E-state index contributed by atoms with van der Waals surface area (Å²) in [6, 6.07) is 13.4. The Morgan fingerprint density at radius 1 is 1.00 bits per heavy atom. The van der Waals surface area contributed by atoms with Crippen LogP contribution in [0.15, 0.2) is 48.5 Å². The van der Waals surface area contributed by atoms with Crippen molar-refractivity contribution in [3.63, 3.8) is 0 Å². The molecule has 0 aliphatic rings. The molecule has 0 saturated carbocycles. The average molecular weight is 274 g/mol. The van der Waals surface area contributed by atoms with Crippen LogP contribution in [0, 0.1) is 0 Å². The normalized spacial score (nSPS) is 10.0. The van der Waals surface area contributed by atoms with Gasteiger partial charge >= 0.3 is 5.97 Å². The number of para-hydroxylation sites is 2. The molecule has 5 heteroatoms. The van der Waals surface area contributed by atoms with Crippen LogP contribution < -0.4 is 9.47 Å². The number of hydrogen-bond donors (Lipinski definition) is 2. The lowest BCUT2D eigenvalue weighted by Crippen LogP contribution is -2.04. The highest BCUT2D eigenvalue weighted by molar-refractivity contribution is 5.66. The number of aromatic hydroxyl groups is 1. The van der Waals surface area contributed by atoms with Gasteiger partial charge in [0, 0.05) is 0 Å². The SMILES string of the molecule is O=C(O)CCOc1ccc(Oc2ccccc2O)cc1. The van der Waals surface area contributed by atoms with Gasteiger partial charge in [-0.15, -0.1) is 0 Å². The van der Waals surface area contributed by atoms with E-state index in [4.69, 9.17) is 14.6 Å². The van der Waals surface area contributed by atoms with Gasteiger partial charge in [-0.25, -0.2) is 0 Å². The van der Waals surface area contributed by atoms with E-state index in [0.29, 0.717) is 17.2 Å². The third-order valence-corrected chi connectivity index (χ3v) is 2.50. The van der Waals surface area contributed by atoms with E-state index in [1.165, 1.54) is 0 Å². The summed E-state index contributed by atoms with van der Waals surface area (Å²) in [6.07, 6.45) is -0.0455. The second-order valence-electron chi connectivity index (χ2n) is 4.03. The molecule has 0 atom stereocenters. The van der Waals surface area contributed by atoms with Gasteiger partial charge in [-0.1, -0.05) is 12.1 Å². The number of phenolic OH excluding ortho intramolecular Hbond substituents is 1. The Morgan fingerprint density at radius 2 is 1.65 bits per heavy atom. The molecule has 2 aromatic carbocycles. The van der Waals surface area contributed by atoms with E-state index in [9.17, 15) is 9.90 Å². The highest BCUT2D eigenvalue weighted by Crippen LogP contribution is 2.30. The Balaban J connectivity index is 1.95. The fraction of sp³-hybridized carbons (Fsp3) is 0.133. The molecule has 0 amide bonds. The van der Waals surface area contributed by atoms with Gasteiger partial charge in [-0.3, -0.25) is 4.79 Å². The van der Waals surface area contributed by atoms with Crippen LogP contribution in [-0.2, 0) is 4.79 Å². The van der Waals surface area contributed by atoms with Gasteiger partial charge in [0.1, 0.15) is 11.5 Å². The summed E-state index contributed by atoms with van der Waals surface area (Å²) in [5.74, 6) is 0.652. The molecule has 0 bridgehead atoms. The van der Waals surface area contributed by atoms with Crippen LogP contribution in [0.1, 0.15) is 6.42 Å². The zero-order valence-corrected chi connectivity index (χ0v) is 10.7. The second-order valence-corrected chi connectivity index (χ2v) is 4.03. The Hall–Kier alpha value is -2.69. The minimum Gasteiger partial charge on any atom is -0.504 e. The number of hydrogen-bond acceptors (Lipinski definition) is 4. The van der Waals surface area contributed by atoms with E-state index in [1.807, 2.05) is 0 Å². The van der Waals surface area contributed by atoms with E-state index >= 15 is 0 Å². The zero-order chi connectivity index (χ0) is 14.4. The van der Waals surface area contributed by atoms with E-state index in [0.717, 1.165) is 0 Å². The fourth-order valence-electron chi connectivity index (χ4n) is 1.53. The Labute approximate surface area is 116 Å². The summed E-state index contributed by atoms with van der Waals surface area (Å²) in [7, 11) is 0. The number of carboxylic acids is 1. The van der Waals surface area contributed by atoms with Crippen molar-refractivity contribution in [2.75, 3.05) is 6.61 Å². The average Bonchev–Trinajstić information content (AvgIpc) is 2.43. The largest absolute Gasteiger partial charge is 0.504 e. The molecular formula is C15H14O5. The number of aliphatic carboxylic acids is 1.